The summed E-state index contributed by atoms with van der Waals surface area (Å²) >= 11 is 1.49. The Morgan fingerprint density at radius 1 is 1.14 bits per heavy atom. The predicted molar refractivity (Wildman–Crippen MR) is 164 cm³/mol. The van der Waals surface area contributed by atoms with Crippen molar-refractivity contribution >= 4 is 35.1 Å². The van der Waals surface area contributed by atoms with Crippen LogP contribution in [-0.4, -0.2) is 76.1 Å². The van der Waals surface area contributed by atoms with Crippen LogP contribution in [0.3, 0.4) is 0 Å². The van der Waals surface area contributed by atoms with Crippen LogP contribution in [0.15, 0.2) is 65.7 Å². The summed E-state index contributed by atoms with van der Waals surface area (Å²) in [6.07, 6.45) is 3.31. The van der Waals surface area contributed by atoms with Crippen LogP contribution in [0.4, 0.5) is 14.6 Å². The summed E-state index contributed by atoms with van der Waals surface area (Å²) in [7, 11) is 0. The number of fused-ring (bicyclic) bond motifs is 1. The highest BCUT2D eigenvalue weighted by molar-refractivity contribution is 7.98. The van der Waals surface area contributed by atoms with Crippen LogP contribution >= 0.6 is 11.8 Å². The van der Waals surface area contributed by atoms with E-state index in [0.717, 1.165) is 29.0 Å². The second-order valence-corrected chi connectivity index (χ2v) is 12.0. The Morgan fingerprint density at radius 2 is 2.00 bits per heavy atom. The molecule has 3 atom stereocenters. The van der Waals surface area contributed by atoms with E-state index in [-0.39, 0.29) is 42.4 Å². The van der Waals surface area contributed by atoms with E-state index >= 15 is 0 Å². The summed E-state index contributed by atoms with van der Waals surface area (Å²) in [6, 6.07) is 15.1. The maximum absolute atomic E-state index is 14.8. The monoisotopic (exact) mass is 620 g/mol. The fourth-order valence-electron chi connectivity index (χ4n) is 6.09. The molecular formula is C32H34F2N6O3S. The Kier molecular flexibility index (Phi) is 8.81. The van der Waals surface area contributed by atoms with Gasteiger partial charge in [0, 0.05) is 37.0 Å². The van der Waals surface area contributed by atoms with Gasteiger partial charge in [-0.1, -0.05) is 12.1 Å². The molecule has 12 heteroatoms. The second kappa shape index (κ2) is 12.9. The van der Waals surface area contributed by atoms with E-state index < -0.39 is 12.2 Å². The Balaban J connectivity index is 1.15. The number of hydrogen-bond acceptors (Lipinski definition) is 8. The van der Waals surface area contributed by atoms with Crippen LogP contribution < -0.4 is 10.2 Å². The normalized spacial score (nSPS) is 20.4. The summed E-state index contributed by atoms with van der Waals surface area (Å²) < 4.78 is 35.6. The lowest BCUT2D eigenvalue weighted by Gasteiger charge is -2.27. The molecule has 9 nitrogen and oxygen atoms in total. The number of imidazole rings is 1. The summed E-state index contributed by atoms with van der Waals surface area (Å²) in [5, 5.41) is 7.83. The van der Waals surface area contributed by atoms with Gasteiger partial charge in [-0.15, -0.1) is 16.9 Å². The number of nitrogens with zero attached hydrogens (tertiary/aromatic N) is 5. The van der Waals surface area contributed by atoms with E-state index in [1.807, 2.05) is 29.4 Å². The van der Waals surface area contributed by atoms with Crippen LogP contribution in [0, 0.1) is 5.82 Å². The first-order valence-corrected chi connectivity index (χ1v) is 15.9. The van der Waals surface area contributed by atoms with E-state index in [9.17, 15) is 18.4 Å². The molecule has 0 spiro atoms. The Bertz CT molecular complexity index is 1680. The molecule has 2 fully saturated rings. The summed E-state index contributed by atoms with van der Waals surface area (Å²) in [6.45, 7) is 4.32. The maximum atomic E-state index is 14.8. The Morgan fingerprint density at radius 3 is 2.82 bits per heavy atom. The molecular weight excluding hydrogens is 586 g/mol. The molecule has 4 heterocycles. The Labute approximate surface area is 258 Å². The average Bonchev–Trinajstić information content (AvgIpc) is 3.75. The van der Waals surface area contributed by atoms with Crippen molar-refractivity contribution in [2.75, 3.05) is 37.4 Å². The van der Waals surface area contributed by atoms with Crippen molar-refractivity contribution in [2.45, 2.75) is 49.5 Å². The van der Waals surface area contributed by atoms with E-state index in [0.29, 0.717) is 36.7 Å². The third-order valence-corrected chi connectivity index (χ3v) is 8.94. The van der Waals surface area contributed by atoms with Crippen molar-refractivity contribution in [1.29, 1.82) is 0 Å². The molecule has 230 valence electrons. The van der Waals surface area contributed by atoms with Gasteiger partial charge >= 0.3 is 5.97 Å². The van der Waals surface area contributed by atoms with Gasteiger partial charge in [-0.05, 0) is 73.2 Å². The van der Waals surface area contributed by atoms with Crippen LogP contribution in [-0.2, 0) is 11.3 Å². The number of alkyl halides is 1. The molecule has 2 aromatic heterocycles. The average molecular weight is 621 g/mol. The van der Waals surface area contributed by atoms with Crippen molar-refractivity contribution in [3.8, 4) is 0 Å². The van der Waals surface area contributed by atoms with Crippen molar-refractivity contribution < 1.29 is 23.1 Å². The molecule has 0 bridgehead atoms. The van der Waals surface area contributed by atoms with Gasteiger partial charge in [0.15, 0.2) is 11.3 Å². The molecule has 44 heavy (non-hydrogen) atoms. The number of likely N-dealkylation sites (tertiary alicyclic amines) is 1. The minimum atomic E-state index is -1.10. The third kappa shape index (κ3) is 6.27. The molecule has 2 aliphatic rings. The van der Waals surface area contributed by atoms with Crippen LogP contribution in [0.2, 0.25) is 0 Å². The van der Waals surface area contributed by atoms with Gasteiger partial charge < -0.3 is 15.0 Å². The maximum Gasteiger partial charge on any atom is 0.338 e. The van der Waals surface area contributed by atoms with E-state index in [2.05, 4.69) is 15.2 Å². The quantitative estimate of drug-likeness (QED) is 0.205. The van der Waals surface area contributed by atoms with Gasteiger partial charge in [0.05, 0.1) is 31.0 Å². The number of nitrogens with one attached hydrogen (secondary N) is 1. The molecule has 6 rings (SSSR count). The summed E-state index contributed by atoms with van der Waals surface area (Å²) in [4.78, 5) is 34.8. The minimum Gasteiger partial charge on any atom is -0.462 e. The van der Waals surface area contributed by atoms with Gasteiger partial charge in [0.25, 0.3) is 5.91 Å². The largest absolute Gasteiger partial charge is 0.462 e. The predicted octanol–water partition coefficient (Wildman–Crippen LogP) is 5.06. The lowest BCUT2D eigenvalue weighted by Crippen LogP contribution is -2.37. The number of hydrogen-bond donors (Lipinski definition) is 1. The van der Waals surface area contributed by atoms with Crippen LogP contribution in [0.25, 0.3) is 5.65 Å². The molecule has 2 aliphatic heterocycles. The van der Waals surface area contributed by atoms with E-state index in [4.69, 9.17) is 9.84 Å². The zero-order valence-corrected chi connectivity index (χ0v) is 25.4. The molecule has 1 N–H and O–H groups in total. The van der Waals surface area contributed by atoms with Gasteiger partial charge in [0.1, 0.15) is 17.8 Å². The molecule has 1 unspecified atom stereocenters. The number of aromatic nitrogens is 3. The zero-order chi connectivity index (χ0) is 30.8. The molecule has 0 saturated carbocycles. The summed E-state index contributed by atoms with van der Waals surface area (Å²) in [5.74, 6) is -0.514. The highest BCUT2D eigenvalue weighted by Crippen LogP contribution is 2.40. The molecule has 4 aromatic rings. The van der Waals surface area contributed by atoms with Gasteiger partial charge in [-0.25, -0.2) is 23.1 Å². The van der Waals surface area contributed by atoms with Crippen molar-refractivity contribution in [3.63, 3.8) is 0 Å². The highest BCUT2D eigenvalue weighted by atomic mass is 32.2. The van der Waals surface area contributed by atoms with Gasteiger partial charge in [-0.2, -0.15) is 0 Å². The number of halogens is 2. The van der Waals surface area contributed by atoms with E-state index in [1.165, 1.54) is 34.6 Å². The first-order chi connectivity index (χ1) is 21.3. The standard InChI is InChI=1S/C32H34F2N6O3S/c1-3-43-32(42)21-6-4-5-20(13-21)17-38-12-11-24(19-38)36-31(41)27-16-35-29-9-10-30(37-40(27)29)39-18-23(34)15-26(39)25-14-22(33)7-8-28(25)44-2/h4-10,13-14,16,23-24,26H,3,11-12,15,17-19H2,1-2H3,(H,36,41)/t23-,24?,26+/m0/s1. The smallest absolute Gasteiger partial charge is 0.338 e. The fraction of sp³-hybridized carbons (Fsp3) is 0.375. The number of amides is 1. The van der Waals surface area contributed by atoms with Crippen molar-refractivity contribution in [1.82, 2.24) is 24.8 Å². The molecule has 0 radical (unpaired) electrons. The number of thioether (sulfide) groups is 1. The topological polar surface area (TPSA) is 92.1 Å². The third-order valence-electron chi connectivity index (χ3n) is 8.13. The molecule has 2 saturated heterocycles. The molecule has 0 aliphatic carbocycles. The molecule has 1 amide bonds. The number of rotatable bonds is 9. The lowest BCUT2D eigenvalue weighted by molar-refractivity contribution is 0.0526. The number of esters is 1. The fourth-order valence-corrected chi connectivity index (χ4v) is 6.73. The second-order valence-electron chi connectivity index (χ2n) is 11.1. The first-order valence-electron chi connectivity index (χ1n) is 14.7. The van der Waals surface area contributed by atoms with Crippen molar-refractivity contribution in [3.05, 3.63) is 89.0 Å². The highest BCUT2D eigenvalue weighted by Gasteiger charge is 2.36. The van der Waals surface area contributed by atoms with Gasteiger partial charge in [0.2, 0.25) is 0 Å². The van der Waals surface area contributed by atoms with Gasteiger partial charge in [-0.3, -0.25) is 9.69 Å². The number of carbonyl (C=O) groups is 2. The minimum absolute atomic E-state index is 0.0716. The lowest BCUT2D eigenvalue weighted by atomic mass is 10.0. The Hall–Kier alpha value is -4.03. The van der Waals surface area contributed by atoms with E-state index in [1.54, 1.807) is 31.2 Å². The number of ether oxygens (including phenoxy) is 1. The van der Waals surface area contributed by atoms with Crippen molar-refractivity contribution in [2.24, 2.45) is 0 Å². The van der Waals surface area contributed by atoms with Crippen LogP contribution in [0.1, 0.15) is 57.8 Å². The zero-order valence-electron chi connectivity index (χ0n) is 24.6. The first kappa shape index (κ1) is 30.0. The number of carbonyl (C=O) groups excluding carboxylic acids is 2. The summed E-state index contributed by atoms with van der Waals surface area (Å²) in [5.41, 5.74) is 3.03. The number of benzene rings is 2. The molecule has 2 aromatic carbocycles. The number of anilines is 1. The SMILES string of the molecule is CCOC(=O)c1cccc(CN2CCC(NC(=O)c3cnc4ccc(N5C[C@@H](F)C[C@@H]5c5cc(F)ccc5SC)nn34)C2)c1. The van der Waals surface area contributed by atoms with Crippen LogP contribution in [0.5, 0.6) is 0 Å².